The van der Waals surface area contributed by atoms with E-state index in [0.29, 0.717) is 23.1 Å². The average molecular weight is 348 g/mol. The maximum Gasteiger partial charge on any atom is 0.345 e. The molecule has 128 valence electrons. The van der Waals surface area contributed by atoms with Crippen molar-refractivity contribution in [2.45, 2.75) is 25.4 Å². The van der Waals surface area contributed by atoms with Crippen LogP contribution in [0.1, 0.15) is 39.1 Å². The summed E-state index contributed by atoms with van der Waals surface area (Å²) in [4.78, 5) is 19.4. The predicted molar refractivity (Wildman–Crippen MR) is 91.0 cm³/mol. The summed E-state index contributed by atoms with van der Waals surface area (Å²) < 4.78 is 10.5. The molecule has 0 saturated carbocycles. The second-order valence-corrected chi connectivity index (χ2v) is 6.77. The molecule has 1 fully saturated rings. The highest BCUT2D eigenvalue weighted by Gasteiger charge is 2.28. The molecule has 1 saturated heterocycles. The molecule has 0 aliphatic carbocycles. The van der Waals surface area contributed by atoms with E-state index >= 15 is 0 Å². The number of aromatic carboxylic acids is 1. The van der Waals surface area contributed by atoms with Crippen LogP contribution in [0.2, 0.25) is 0 Å². The average Bonchev–Trinajstić information content (AvgIpc) is 3.23. The van der Waals surface area contributed by atoms with Crippen molar-refractivity contribution in [3.05, 3.63) is 39.7 Å². The highest BCUT2D eigenvalue weighted by molar-refractivity contribution is 7.14. The number of hydrogen-bond donors (Lipinski definition) is 1. The molecule has 3 heterocycles. The van der Waals surface area contributed by atoms with Crippen molar-refractivity contribution in [3.8, 4) is 11.6 Å². The standard InChI is InChI=1S/C17H20N2O4S/c1-22-13-6-5-11(18-16(13)23-2)10-19-9-3-4-12(19)14-7-8-15(24-14)17(20)21/h5-8,12H,3-4,9-10H2,1-2H3,(H,20,21). The molecule has 0 amide bonds. The van der Waals surface area contributed by atoms with Gasteiger partial charge in [-0.1, -0.05) is 0 Å². The van der Waals surface area contributed by atoms with Gasteiger partial charge in [-0.25, -0.2) is 9.78 Å². The topological polar surface area (TPSA) is 71.9 Å². The second kappa shape index (κ2) is 7.19. The molecule has 0 radical (unpaired) electrons. The van der Waals surface area contributed by atoms with Crippen molar-refractivity contribution in [1.82, 2.24) is 9.88 Å². The van der Waals surface area contributed by atoms with Gasteiger partial charge in [0.05, 0.1) is 19.9 Å². The fraction of sp³-hybridized carbons (Fsp3) is 0.412. The monoisotopic (exact) mass is 348 g/mol. The van der Waals surface area contributed by atoms with Crippen LogP contribution in [0.15, 0.2) is 24.3 Å². The summed E-state index contributed by atoms with van der Waals surface area (Å²) in [7, 11) is 3.17. The Morgan fingerprint density at radius 1 is 1.33 bits per heavy atom. The van der Waals surface area contributed by atoms with Crippen molar-refractivity contribution >= 4 is 17.3 Å². The van der Waals surface area contributed by atoms with Gasteiger partial charge in [-0.3, -0.25) is 4.90 Å². The molecule has 1 aliphatic heterocycles. The molecule has 1 unspecified atom stereocenters. The molecular weight excluding hydrogens is 328 g/mol. The molecule has 0 bridgehead atoms. The lowest BCUT2D eigenvalue weighted by Crippen LogP contribution is -2.22. The minimum atomic E-state index is -0.864. The van der Waals surface area contributed by atoms with Crippen LogP contribution in [0.3, 0.4) is 0 Å². The fourth-order valence-electron chi connectivity index (χ4n) is 3.05. The lowest BCUT2D eigenvalue weighted by atomic mass is 10.2. The summed E-state index contributed by atoms with van der Waals surface area (Å²) in [5.41, 5.74) is 0.912. The Labute approximate surface area is 144 Å². The van der Waals surface area contributed by atoms with Crippen molar-refractivity contribution < 1.29 is 19.4 Å². The first-order chi connectivity index (χ1) is 11.6. The van der Waals surface area contributed by atoms with Gasteiger partial charge in [0.1, 0.15) is 4.88 Å². The van der Waals surface area contributed by atoms with Gasteiger partial charge >= 0.3 is 5.97 Å². The first kappa shape index (κ1) is 16.7. The van der Waals surface area contributed by atoms with Gasteiger partial charge in [0, 0.05) is 17.5 Å². The number of carboxylic acid groups (broad SMARTS) is 1. The fourth-order valence-corrected chi connectivity index (χ4v) is 4.06. The number of carboxylic acids is 1. The van der Waals surface area contributed by atoms with Crippen LogP contribution in [0.4, 0.5) is 0 Å². The molecule has 1 atom stereocenters. The van der Waals surface area contributed by atoms with Crippen LogP contribution in [0, 0.1) is 0 Å². The first-order valence-corrected chi connectivity index (χ1v) is 8.59. The van der Waals surface area contributed by atoms with E-state index in [9.17, 15) is 4.79 Å². The van der Waals surface area contributed by atoms with Gasteiger partial charge in [0.2, 0.25) is 0 Å². The summed E-state index contributed by atoms with van der Waals surface area (Å²) in [6.45, 7) is 1.67. The van der Waals surface area contributed by atoms with Crippen LogP contribution < -0.4 is 9.47 Å². The zero-order chi connectivity index (χ0) is 17.1. The van der Waals surface area contributed by atoms with Gasteiger partial charge in [0.15, 0.2) is 5.75 Å². The predicted octanol–water partition coefficient (Wildman–Crippen LogP) is 3.20. The molecule has 2 aromatic heterocycles. The third-order valence-corrected chi connectivity index (χ3v) is 5.37. The van der Waals surface area contributed by atoms with Crippen molar-refractivity contribution in [3.63, 3.8) is 0 Å². The third-order valence-electron chi connectivity index (χ3n) is 4.19. The number of thiophene rings is 1. The quantitative estimate of drug-likeness (QED) is 0.864. The van der Waals surface area contributed by atoms with E-state index in [1.807, 2.05) is 18.2 Å². The number of ether oxygens (including phenoxy) is 2. The Kier molecular flexibility index (Phi) is 5.01. The van der Waals surface area contributed by atoms with Crippen molar-refractivity contribution in [1.29, 1.82) is 0 Å². The maximum atomic E-state index is 11.1. The number of carbonyl (C=O) groups is 1. The zero-order valence-corrected chi connectivity index (χ0v) is 14.5. The maximum absolute atomic E-state index is 11.1. The summed E-state index contributed by atoms with van der Waals surface area (Å²) >= 11 is 1.36. The summed E-state index contributed by atoms with van der Waals surface area (Å²) in [5, 5.41) is 9.11. The summed E-state index contributed by atoms with van der Waals surface area (Å²) in [5.74, 6) is 0.232. The smallest absolute Gasteiger partial charge is 0.345 e. The summed E-state index contributed by atoms with van der Waals surface area (Å²) in [6.07, 6.45) is 2.13. The highest BCUT2D eigenvalue weighted by Crippen LogP contribution is 2.37. The van der Waals surface area contributed by atoms with E-state index in [1.54, 1.807) is 20.3 Å². The van der Waals surface area contributed by atoms with Crippen LogP contribution in [0.25, 0.3) is 0 Å². The van der Waals surface area contributed by atoms with Gasteiger partial charge in [0.25, 0.3) is 5.88 Å². The number of aromatic nitrogens is 1. The van der Waals surface area contributed by atoms with Gasteiger partial charge < -0.3 is 14.6 Å². The molecule has 6 nitrogen and oxygen atoms in total. The van der Waals surface area contributed by atoms with E-state index in [2.05, 4.69) is 9.88 Å². The van der Waals surface area contributed by atoms with Gasteiger partial charge in [-0.2, -0.15) is 0 Å². The number of methoxy groups -OCH3 is 2. The van der Waals surface area contributed by atoms with Crippen LogP contribution >= 0.6 is 11.3 Å². The largest absolute Gasteiger partial charge is 0.491 e. The SMILES string of the molecule is COc1ccc(CN2CCCC2c2ccc(C(=O)O)s2)nc1OC. The Bertz CT molecular complexity index is 731. The third kappa shape index (κ3) is 3.37. The molecule has 0 spiro atoms. The van der Waals surface area contributed by atoms with Crippen molar-refractivity contribution in [2.24, 2.45) is 0 Å². The van der Waals surface area contributed by atoms with E-state index in [1.165, 1.54) is 11.3 Å². The van der Waals surface area contributed by atoms with Gasteiger partial charge in [-0.15, -0.1) is 11.3 Å². The van der Waals surface area contributed by atoms with Crippen molar-refractivity contribution in [2.75, 3.05) is 20.8 Å². The Morgan fingerprint density at radius 2 is 2.17 bits per heavy atom. The zero-order valence-electron chi connectivity index (χ0n) is 13.7. The summed E-state index contributed by atoms with van der Waals surface area (Å²) in [6, 6.07) is 7.67. The normalized spacial score (nSPS) is 17.8. The lowest BCUT2D eigenvalue weighted by molar-refractivity contribution is 0.0702. The molecule has 0 aromatic carbocycles. The van der Waals surface area contributed by atoms with E-state index in [0.717, 1.165) is 30.0 Å². The molecule has 1 aliphatic rings. The van der Waals surface area contributed by atoms with Crippen LogP contribution in [-0.2, 0) is 6.54 Å². The van der Waals surface area contributed by atoms with Crippen LogP contribution in [0.5, 0.6) is 11.6 Å². The minimum Gasteiger partial charge on any atom is -0.491 e. The van der Waals surface area contributed by atoms with E-state index in [4.69, 9.17) is 14.6 Å². The minimum absolute atomic E-state index is 0.248. The molecular formula is C17H20N2O4S. The van der Waals surface area contributed by atoms with E-state index in [-0.39, 0.29) is 6.04 Å². The highest BCUT2D eigenvalue weighted by atomic mass is 32.1. The Hall–Kier alpha value is -2.12. The van der Waals surface area contributed by atoms with Crippen LogP contribution in [-0.4, -0.2) is 41.7 Å². The molecule has 1 N–H and O–H groups in total. The number of nitrogens with zero attached hydrogens (tertiary/aromatic N) is 2. The van der Waals surface area contributed by atoms with Gasteiger partial charge in [-0.05, 0) is 43.7 Å². The second-order valence-electron chi connectivity index (χ2n) is 5.65. The number of hydrogen-bond acceptors (Lipinski definition) is 6. The molecule has 7 heteroatoms. The molecule has 24 heavy (non-hydrogen) atoms. The Morgan fingerprint density at radius 3 is 2.83 bits per heavy atom. The first-order valence-electron chi connectivity index (χ1n) is 7.77. The molecule has 2 aromatic rings. The Balaban J connectivity index is 1.77. The molecule has 3 rings (SSSR count). The lowest BCUT2D eigenvalue weighted by Gasteiger charge is -2.23. The number of pyridine rings is 1. The van der Waals surface area contributed by atoms with E-state index < -0.39 is 5.97 Å². The number of rotatable bonds is 6. The number of likely N-dealkylation sites (tertiary alicyclic amines) is 1.